The maximum absolute atomic E-state index is 12.1. The Balaban J connectivity index is 2.56. The Labute approximate surface area is 124 Å². The van der Waals surface area contributed by atoms with Crippen LogP contribution < -0.4 is 5.32 Å². The summed E-state index contributed by atoms with van der Waals surface area (Å²) in [6.45, 7) is 8.26. The molecule has 1 aromatic carbocycles. The molecule has 1 aromatic rings. The standard InChI is InChI=1S/C15H23BrN2O/c1-4-8-18(9-5-2)15(19)11-17-14-7-6-12(3)10-13(14)16/h6-7,10,17H,4-5,8-9,11H2,1-3H3. The predicted molar refractivity (Wildman–Crippen MR) is 84.5 cm³/mol. The third-order valence-electron chi connectivity index (χ3n) is 2.89. The number of carbonyl (C=O) groups is 1. The highest BCUT2D eigenvalue weighted by Crippen LogP contribution is 2.23. The fraction of sp³-hybridized carbons (Fsp3) is 0.533. The molecule has 0 aliphatic carbocycles. The molecule has 3 nitrogen and oxygen atoms in total. The number of rotatable bonds is 7. The molecule has 0 aromatic heterocycles. The van der Waals surface area contributed by atoms with Crippen molar-refractivity contribution in [2.24, 2.45) is 0 Å². The summed E-state index contributed by atoms with van der Waals surface area (Å²) in [6.07, 6.45) is 2.00. The van der Waals surface area contributed by atoms with Gasteiger partial charge in [-0.05, 0) is 53.4 Å². The van der Waals surface area contributed by atoms with E-state index in [1.54, 1.807) is 0 Å². The van der Waals surface area contributed by atoms with Crippen molar-refractivity contribution in [3.63, 3.8) is 0 Å². The predicted octanol–water partition coefficient (Wildman–Crippen LogP) is 3.82. The zero-order chi connectivity index (χ0) is 14.3. The average molecular weight is 327 g/mol. The number of hydrogen-bond donors (Lipinski definition) is 1. The summed E-state index contributed by atoms with van der Waals surface area (Å²) >= 11 is 3.51. The Hall–Kier alpha value is -1.03. The van der Waals surface area contributed by atoms with Gasteiger partial charge in [0, 0.05) is 23.2 Å². The van der Waals surface area contributed by atoms with Crippen molar-refractivity contribution in [1.29, 1.82) is 0 Å². The highest BCUT2D eigenvalue weighted by atomic mass is 79.9. The monoisotopic (exact) mass is 326 g/mol. The number of amides is 1. The van der Waals surface area contributed by atoms with Crippen molar-refractivity contribution in [3.8, 4) is 0 Å². The molecular weight excluding hydrogens is 304 g/mol. The quantitative estimate of drug-likeness (QED) is 0.826. The van der Waals surface area contributed by atoms with Crippen LogP contribution in [0.5, 0.6) is 0 Å². The molecule has 0 aliphatic heterocycles. The molecule has 19 heavy (non-hydrogen) atoms. The van der Waals surface area contributed by atoms with Crippen molar-refractivity contribution >= 4 is 27.5 Å². The Morgan fingerprint density at radius 1 is 1.26 bits per heavy atom. The molecular formula is C15H23BrN2O. The molecule has 0 bridgehead atoms. The first-order valence-corrected chi connectivity index (χ1v) is 7.65. The van der Waals surface area contributed by atoms with E-state index in [-0.39, 0.29) is 5.91 Å². The zero-order valence-corrected chi connectivity index (χ0v) is 13.6. The van der Waals surface area contributed by atoms with Crippen LogP contribution in [-0.2, 0) is 4.79 Å². The second kappa shape index (κ2) is 8.20. The molecule has 1 amide bonds. The normalized spacial score (nSPS) is 10.3. The molecule has 0 saturated heterocycles. The minimum atomic E-state index is 0.163. The molecule has 0 unspecified atom stereocenters. The molecule has 0 saturated carbocycles. The van der Waals surface area contributed by atoms with E-state index in [0.717, 1.165) is 36.1 Å². The van der Waals surface area contributed by atoms with Gasteiger partial charge in [-0.1, -0.05) is 19.9 Å². The number of aryl methyl sites for hydroxylation is 1. The lowest BCUT2D eigenvalue weighted by Crippen LogP contribution is -2.36. The van der Waals surface area contributed by atoms with Crippen molar-refractivity contribution in [3.05, 3.63) is 28.2 Å². The van der Waals surface area contributed by atoms with Gasteiger partial charge in [-0.2, -0.15) is 0 Å². The first-order chi connectivity index (χ1) is 9.08. The molecule has 1 N–H and O–H groups in total. The Kier molecular flexibility index (Phi) is 6.92. The van der Waals surface area contributed by atoms with E-state index in [1.807, 2.05) is 30.0 Å². The van der Waals surface area contributed by atoms with Crippen LogP contribution in [0.25, 0.3) is 0 Å². The number of halogens is 1. The lowest BCUT2D eigenvalue weighted by atomic mass is 10.2. The number of anilines is 1. The number of nitrogens with one attached hydrogen (secondary N) is 1. The van der Waals surface area contributed by atoms with E-state index in [4.69, 9.17) is 0 Å². The van der Waals surface area contributed by atoms with E-state index >= 15 is 0 Å². The van der Waals surface area contributed by atoms with E-state index in [0.29, 0.717) is 6.54 Å². The first kappa shape index (κ1) is 16.0. The van der Waals surface area contributed by atoms with Gasteiger partial charge in [-0.25, -0.2) is 0 Å². The van der Waals surface area contributed by atoms with E-state index in [9.17, 15) is 4.79 Å². The van der Waals surface area contributed by atoms with Gasteiger partial charge in [0.1, 0.15) is 0 Å². The highest BCUT2D eigenvalue weighted by Gasteiger charge is 2.11. The fourth-order valence-electron chi connectivity index (χ4n) is 1.95. The molecule has 0 atom stereocenters. The summed E-state index contributed by atoms with van der Waals surface area (Å²) in [5.41, 5.74) is 2.16. The molecule has 1 rings (SSSR count). The molecule has 0 spiro atoms. The van der Waals surface area contributed by atoms with Crippen LogP contribution in [0.2, 0.25) is 0 Å². The molecule has 4 heteroatoms. The van der Waals surface area contributed by atoms with E-state index in [2.05, 4.69) is 35.1 Å². The van der Waals surface area contributed by atoms with Gasteiger partial charge in [0.25, 0.3) is 0 Å². The maximum Gasteiger partial charge on any atom is 0.241 e. The van der Waals surface area contributed by atoms with Gasteiger partial charge in [-0.3, -0.25) is 4.79 Å². The summed E-state index contributed by atoms with van der Waals surface area (Å²) in [5.74, 6) is 0.163. The summed E-state index contributed by atoms with van der Waals surface area (Å²) in [7, 11) is 0. The molecule has 0 heterocycles. The summed E-state index contributed by atoms with van der Waals surface area (Å²) in [6, 6.07) is 6.08. The van der Waals surface area contributed by atoms with E-state index < -0.39 is 0 Å². The lowest BCUT2D eigenvalue weighted by Gasteiger charge is -2.22. The van der Waals surface area contributed by atoms with Gasteiger partial charge in [-0.15, -0.1) is 0 Å². The van der Waals surface area contributed by atoms with Crippen molar-refractivity contribution in [2.45, 2.75) is 33.6 Å². The molecule has 0 radical (unpaired) electrons. The second-order valence-corrected chi connectivity index (χ2v) is 5.57. The average Bonchev–Trinajstić information content (AvgIpc) is 2.37. The summed E-state index contributed by atoms with van der Waals surface area (Å²) < 4.78 is 0.998. The fourth-order valence-corrected chi connectivity index (χ4v) is 2.58. The number of carbonyl (C=O) groups excluding carboxylic acids is 1. The Morgan fingerprint density at radius 2 is 1.89 bits per heavy atom. The van der Waals surface area contributed by atoms with Crippen LogP contribution in [0.3, 0.4) is 0 Å². The van der Waals surface area contributed by atoms with Crippen LogP contribution in [0.4, 0.5) is 5.69 Å². The largest absolute Gasteiger partial charge is 0.375 e. The van der Waals surface area contributed by atoms with Gasteiger partial charge in [0.05, 0.1) is 6.54 Å². The van der Waals surface area contributed by atoms with Crippen LogP contribution in [0.15, 0.2) is 22.7 Å². The summed E-state index contributed by atoms with van der Waals surface area (Å²) in [5, 5.41) is 3.20. The Bertz CT molecular complexity index is 415. The minimum absolute atomic E-state index is 0.163. The van der Waals surface area contributed by atoms with Gasteiger partial charge < -0.3 is 10.2 Å². The second-order valence-electron chi connectivity index (χ2n) is 4.72. The smallest absolute Gasteiger partial charge is 0.241 e. The molecule has 0 fully saturated rings. The van der Waals surface area contributed by atoms with Crippen LogP contribution >= 0.6 is 15.9 Å². The van der Waals surface area contributed by atoms with Crippen molar-refractivity contribution < 1.29 is 4.79 Å². The van der Waals surface area contributed by atoms with Gasteiger partial charge in [0.2, 0.25) is 5.91 Å². The van der Waals surface area contributed by atoms with E-state index in [1.165, 1.54) is 5.56 Å². The van der Waals surface area contributed by atoms with Crippen LogP contribution in [0.1, 0.15) is 32.3 Å². The van der Waals surface area contributed by atoms with Crippen LogP contribution in [0, 0.1) is 6.92 Å². The third kappa shape index (κ3) is 5.23. The van der Waals surface area contributed by atoms with Crippen molar-refractivity contribution in [1.82, 2.24) is 4.90 Å². The number of benzene rings is 1. The first-order valence-electron chi connectivity index (χ1n) is 6.86. The number of hydrogen-bond acceptors (Lipinski definition) is 2. The maximum atomic E-state index is 12.1. The molecule has 0 aliphatic rings. The van der Waals surface area contributed by atoms with Gasteiger partial charge >= 0.3 is 0 Å². The Morgan fingerprint density at radius 3 is 2.42 bits per heavy atom. The minimum Gasteiger partial charge on any atom is -0.375 e. The molecule has 106 valence electrons. The summed E-state index contributed by atoms with van der Waals surface area (Å²) in [4.78, 5) is 14.0. The number of nitrogens with zero attached hydrogens (tertiary/aromatic N) is 1. The SMILES string of the molecule is CCCN(CCC)C(=O)CNc1ccc(C)cc1Br. The zero-order valence-electron chi connectivity index (χ0n) is 12.0. The van der Waals surface area contributed by atoms with Crippen molar-refractivity contribution in [2.75, 3.05) is 25.0 Å². The van der Waals surface area contributed by atoms with Gasteiger partial charge in [0.15, 0.2) is 0 Å². The topological polar surface area (TPSA) is 32.3 Å². The third-order valence-corrected chi connectivity index (χ3v) is 3.55. The lowest BCUT2D eigenvalue weighted by molar-refractivity contribution is -0.129. The van der Waals surface area contributed by atoms with Crippen LogP contribution in [-0.4, -0.2) is 30.4 Å². The highest BCUT2D eigenvalue weighted by molar-refractivity contribution is 9.10.